The molecule has 0 N–H and O–H groups in total. The standard InChI is InChI=1S/C14H17BrO3/c15-12-6-8-17-13(10-12)7-9-18-14(16)11-4-2-1-3-5-11/h1-5,12-13H,6-10H2/t12-,13+/m1/s1. The van der Waals surface area contributed by atoms with Gasteiger partial charge in [0, 0.05) is 17.9 Å². The summed E-state index contributed by atoms with van der Waals surface area (Å²) in [6, 6.07) is 9.05. The Morgan fingerprint density at radius 3 is 2.89 bits per heavy atom. The first-order valence-corrected chi connectivity index (χ1v) is 7.15. The number of ether oxygens (including phenoxy) is 2. The summed E-state index contributed by atoms with van der Waals surface area (Å²) in [6.07, 6.45) is 3.01. The zero-order valence-electron chi connectivity index (χ0n) is 10.2. The number of carbonyl (C=O) groups excluding carboxylic acids is 1. The minimum Gasteiger partial charge on any atom is -0.462 e. The summed E-state index contributed by atoms with van der Waals surface area (Å²) in [5, 5.41) is 0. The largest absolute Gasteiger partial charge is 0.462 e. The van der Waals surface area contributed by atoms with Gasteiger partial charge in [-0.2, -0.15) is 0 Å². The van der Waals surface area contributed by atoms with Crippen LogP contribution in [0.15, 0.2) is 30.3 Å². The minimum atomic E-state index is -0.262. The Hall–Kier alpha value is -0.870. The number of halogens is 1. The van der Waals surface area contributed by atoms with Crippen molar-refractivity contribution in [1.82, 2.24) is 0 Å². The van der Waals surface area contributed by atoms with Crippen molar-refractivity contribution in [3.8, 4) is 0 Å². The van der Waals surface area contributed by atoms with Crippen LogP contribution in [0.2, 0.25) is 0 Å². The quantitative estimate of drug-likeness (QED) is 0.633. The number of carbonyl (C=O) groups is 1. The normalized spacial score (nSPS) is 23.6. The first-order valence-electron chi connectivity index (χ1n) is 6.23. The SMILES string of the molecule is O=C(OCC[C@H]1C[C@H](Br)CCO1)c1ccccc1. The summed E-state index contributed by atoms with van der Waals surface area (Å²) in [5.41, 5.74) is 0.598. The van der Waals surface area contributed by atoms with Crippen molar-refractivity contribution in [1.29, 1.82) is 0 Å². The number of hydrogen-bond acceptors (Lipinski definition) is 3. The number of alkyl halides is 1. The molecule has 18 heavy (non-hydrogen) atoms. The Labute approximate surface area is 116 Å². The predicted molar refractivity (Wildman–Crippen MR) is 73.0 cm³/mol. The molecular formula is C14H17BrO3. The van der Waals surface area contributed by atoms with Crippen LogP contribution in [0.4, 0.5) is 0 Å². The molecule has 0 aromatic heterocycles. The van der Waals surface area contributed by atoms with Crippen molar-refractivity contribution in [3.05, 3.63) is 35.9 Å². The molecule has 0 aliphatic carbocycles. The molecule has 3 nitrogen and oxygen atoms in total. The van der Waals surface area contributed by atoms with Crippen LogP contribution in [0.3, 0.4) is 0 Å². The van der Waals surface area contributed by atoms with Crippen LogP contribution in [-0.4, -0.2) is 30.1 Å². The molecule has 0 saturated carbocycles. The molecule has 98 valence electrons. The molecule has 1 aliphatic heterocycles. The Kier molecular flexibility index (Phi) is 5.20. The average molecular weight is 313 g/mol. The van der Waals surface area contributed by atoms with Gasteiger partial charge in [0.2, 0.25) is 0 Å². The molecule has 4 heteroatoms. The van der Waals surface area contributed by atoms with Gasteiger partial charge in [0.1, 0.15) is 0 Å². The fourth-order valence-corrected chi connectivity index (χ4v) is 2.58. The van der Waals surface area contributed by atoms with E-state index >= 15 is 0 Å². The van der Waals surface area contributed by atoms with Crippen LogP contribution < -0.4 is 0 Å². The molecule has 1 aliphatic rings. The summed E-state index contributed by atoms with van der Waals surface area (Å²) in [4.78, 5) is 12.2. The molecule has 0 unspecified atom stereocenters. The summed E-state index contributed by atoms with van der Waals surface area (Å²) >= 11 is 3.60. The summed E-state index contributed by atoms with van der Waals surface area (Å²) < 4.78 is 10.8. The molecule has 2 rings (SSSR count). The Morgan fingerprint density at radius 1 is 1.39 bits per heavy atom. The topological polar surface area (TPSA) is 35.5 Å². The van der Waals surface area contributed by atoms with Crippen LogP contribution in [0.1, 0.15) is 29.6 Å². The number of rotatable bonds is 4. The van der Waals surface area contributed by atoms with E-state index in [9.17, 15) is 4.79 Å². The fourth-order valence-electron chi connectivity index (χ4n) is 1.98. The van der Waals surface area contributed by atoms with Gasteiger partial charge in [-0.15, -0.1) is 0 Å². The summed E-state index contributed by atoms with van der Waals surface area (Å²) in [6.45, 7) is 1.20. The van der Waals surface area contributed by atoms with Crippen LogP contribution in [0.5, 0.6) is 0 Å². The third-order valence-electron chi connectivity index (χ3n) is 2.99. The van der Waals surface area contributed by atoms with Crippen LogP contribution in [0, 0.1) is 0 Å². The molecular weight excluding hydrogens is 296 g/mol. The molecule has 0 amide bonds. The van der Waals surface area contributed by atoms with Gasteiger partial charge in [-0.05, 0) is 25.0 Å². The molecule has 1 aromatic carbocycles. The van der Waals surface area contributed by atoms with Gasteiger partial charge in [0.15, 0.2) is 0 Å². The van der Waals surface area contributed by atoms with Crippen molar-refractivity contribution in [2.45, 2.75) is 30.2 Å². The van der Waals surface area contributed by atoms with Gasteiger partial charge in [0.25, 0.3) is 0 Å². The Bertz CT molecular complexity index is 380. The van der Waals surface area contributed by atoms with Gasteiger partial charge in [-0.25, -0.2) is 4.79 Å². The number of benzene rings is 1. The maximum absolute atomic E-state index is 11.7. The third-order valence-corrected chi connectivity index (χ3v) is 3.82. The second-order valence-corrected chi connectivity index (χ2v) is 5.70. The number of esters is 1. The Balaban J connectivity index is 1.70. The molecule has 0 bridgehead atoms. The monoisotopic (exact) mass is 312 g/mol. The van der Waals surface area contributed by atoms with Gasteiger partial charge >= 0.3 is 5.97 Å². The zero-order valence-corrected chi connectivity index (χ0v) is 11.8. The van der Waals surface area contributed by atoms with E-state index in [0.717, 1.165) is 25.9 Å². The fraction of sp³-hybridized carbons (Fsp3) is 0.500. The highest BCUT2D eigenvalue weighted by Gasteiger charge is 2.20. The van der Waals surface area contributed by atoms with E-state index in [2.05, 4.69) is 15.9 Å². The highest BCUT2D eigenvalue weighted by atomic mass is 79.9. The first kappa shape index (κ1) is 13.6. The van der Waals surface area contributed by atoms with Gasteiger partial charge in [0.05, 0.1) is 18.3 Å². The minimum absolute atomic E-state index is 0.201. The molecule has 1 aromatic rings. The van der Waals surface area contributed by atoms with Crippen LogP contribution in [-0.2, 0) is 9.47 Å². The van der Waals surface area contributed by atoms with Crippen molar-refractivity contribution < 1.29 is 14.3 Å². The average Bonchev–Trinajstić information content (AvgIpc) is 2.40. The number of hydrogen-bond donors (Lipinski definition) is 0. The third kappa shape index (κ3) is 4.10. The predicted octanol–water partition coefficient (Wildman–Crippen LogP) is 3.18. The lowest BCUT2D eigenvalue weighted by Gasteiger charge is -2.26. The van der Waals surface area contributed by atoms with E-state index in [0.29, 0.717) is 17.0 Å². The second kappa shape index (κ2) is 6.90. The van der Waals surface area contributed by atoms with E-state index in [1.165, 1.54) is 0 Å². The molecule has 0 radical (unpaired) electrons. The lowest BCUT2D eigenvalue weighted by molar-refractivity contribution is -0.00164. The molecule has 0 spiro atoms. The first-order chi connectivity index (χ1) is 8.75. The maximum atomic E-state index is 11.7. The molecule has 2 atom stereocenters. The Morgan fingerprint density at radius 2 is 2.17 bits per heavy atom. The molecule has 1 saturated heterocycles. The second-order valence-electron chi connectivity index (χ2n) is 4.41. The van der Waals surface area contributed by atoms with E-state index < -0.39 is 0 Å². The van der Waals surface area contributed by atoms with Gasteiger partial charge in [-0.1, -0.05) is 34.1 Å². The van der Waals surface area contributed by atoms with Crippen molar-refractivity contribution in [3.63, 3.8) is 0 Å². The lowest BCUT2D eigenvalue weighted by atomic mass is 10.1. The molecule has 1 heterocycles. The molecule has 1 fully saturated rings. The lowest BCUT2D eigenvalue weighted by Crippen LogP contribution is -2.27. The maximum Gasteiger partial charge on any atom is 0.338 e. The van der Waals surface area contributed by atoms with Crippen molar-refractivity contribution >= 4 is 21.9 Å². The summed E-state index contributed by atoms with van der Waals surface area (Å²) in [7, 11) is 0. The van der Waals surface area contributed by atoms with E-state index in [1.807, 2.05) is 18.2 Å². The van der Waals surface area contributed by atoms with E-state index in [4.69, 9.17) is 9.47 Å². The van der Waals surface area contributed by atoms with Crippen molar-refractivity contribution in [2.75, 3.05) is 13.2 Å². The van der Waals surface area contributed by atoms with E-state index in [1.54, 1.807) is 12.1 Å². The highest BCUT2D eigenvalue weighted by Crippen LogP contribution is 2.22. The zero-order chi connectivity index (χ0) is 12.8. The highest BCUT2D eigenvalue weighted by molar-refractivity contribution is 9.09. The van der Waals surface area contributed by atoms with Crippen molar-refractivity contribution in [2.24, 2.45) is 0 Å². The van der Waals surface area contributed by atoms with E-state index in [-0.39, 0.29) is 12.1 Å². The summed E-state index contributed by atoms with van der Waals surface area (Å²) in [5.74, 6) is -0.262. The van der Waals surface area contributed by atoms with Gasteiger partial charge < -0.3 is 9.47 Å². The smallest absolute Gasteiger partial charge is 0.338 e. The van der Waals surface area contributed by atoms with Gasteiger partial charge in [-0.3, -0.25) is 0 Å². The van der Waals surface area contributed by atoms with Crippen LogP contribution in [0.25, 0.3) is 0 Å². The van der Waals surface area contributed by atoms with Crippen LogP contribution >= 0.6 is 15.9 Å².